The lowest BCUT2D eigenvalue weighted by Crippen LogP contribution is -2.02. The average molecular weight is 332 g/mol. The number of benzene rings is 1. The first-order valence-corrected chi connectivity index (χ1v) is 8.40. The van der Waals surface area contributed by atoms with Crippen LogP contribution in [-0.2, 0) is 6.54 Å². The minimum Gasteiger partial charge on any atom is -0.345 e. The summed E-state index contributed by atoms with van der Waals surface area (Å²) in [6.07, 6.45) is 7.80. The molecule has 6 heteroatoms. The van der Waals surface area contributed by atoms with Gasteiger partial charge in [0, 0.05) is 17.6 Å². The van der Waals surface area contributed by atoms with Crippen LogP contribution in [0.4, 0.5) is 5.69 Å². The van der Waals surface area contributed by atoms with Gasteiger partial charge in [0.1, 0.15) is 23.9 Å². The Kier molecular flexibility index (Phi) is 6.57. The van der Waals surface area contributed by atoms with Crippen LogP contribution < -0.4 is 5.32 Å². The Hall–Kier alpha value is -3.30. The van der Waals surface area contributed by atoms with Crippen molar-refractivity contribution in [2.45, 2.75) is 45.6 Å². The van der Waals surface area contributed by atoms with Crippen LogP contribution in [0.25, 0.3) is 10.9 Å². The molecule has 1 aromatic heterocycles. The molecule has 0 saturated carbocycles. The molecule has 25 heavy (non-hydrogen) atoms. The number of aromatic nitrogens is 2. The zero-order valence-electron chi connectivity index (χ0n) is 14.3. The van der Waals surface area contributed by atoms with Crippen LogP contribution in [-0.4, -0.2) is 9.78 Å². The summed E-state index contributed by atoms with van der Waals surface area (Å²) >= 11 is 0. The number of hydrogen-bond acceptors (Lipinski definition) is 5. The second-order valence-electron chi connectivity index (χ2n) is 5.77. The Morgan fingerprint density at radius 1 is 1.08 bits per heavy atom. The molecule has 0 fully saturated rings. The average Bonchev–Trinajstić information content (AvgIpc) is 3.04. The van der Waals surface area contributed by atoms with Gasteiger partial charge in [-0.25, -0.2) is 0 Å². The van der Waals surface area contributed by atoms with E-state index in [0.717, 1.165) is 23.9 Å². The van der Waals surface area contributed by atoms with Crippen molar-refractivity contribution in [1.29, 1.82) is 15.8 Å². The predicted molar refractivity (Wildman–Crippen MR) is 96.0 cm³/mol. The summed E-state index contributed by atoms with van der Waals surface area (Å²) in [5.41, 5.74) is 1.34. The fourth-order valence-electron chi connectivity index (χ4n) is 2.62. The lowest BCUT2D eigenvalue weighted by Gasteiger charge is -2.07. The van der Waals surface area contributed by atoms with Crippen LogP contribution in [0.5, 0.6) is 0 Å². The third-order valence-electron chi connectivity index (χ3n) is 3.97. The normalized spacial score (nSPS) is 9.84. The van der Waals surface area contributed by atoms with Gasteiger partial charge in [-0.1, -0.05) is 32.6 Å². The van der Waals surface area contributed by atoms with E-state index in [1.807, 2.05) is 29.1 Å². The second kappa shape index (κ2) is 9.11. The summed E-state index contributed by atoms with van der Waals surface area (Å²) in [6, 6.07) is 10.9. The van der Waals surface area contributed by atoms with Crippen molar-refractivity contribution in [2.24, 2.45) is 0 Å². The molecule has 0 spiro atoms. The molecule has 1 heterocycles. The van der Waals surface area contributed by atoms with E-state index in [-0.39, 0.29) is 11.3 Å². The van der Waals surface area contributed by atoms with E-state index >= 15 is 0 Å². The lowest BCUT2D eigenvalue weighted by atomic mass is 10.1. The third-order valence-corrected chi connectivity index (χ3v) is 3.97. The first-order valence-electron chi connectivity index (χ1n) is 8.40. The molecule has 0 aliphatic carbocycles. The van der Waals surface area contributed by atoms with Crippen LogP contribution >= 0.6 is 0 Å². The van der Waals surface area contributed by atoms with Gasteiger partial charge in [0.25, 0.3) is 0 Å². The first-order chi connectivity index (χ1) is 12.2. The standard InChI is InChI=1S/C19H20N6/c1-2-3-4-5-6-9-25-19-10-17(8-7-15(19)14-23-25)24-18(13-22)16(11-20)12-21/h7-8,10,14,24H,2-6,9H2,1H3. The molecule has 0 saturated heterocycles. The summed E-state index contributed by atoms with van der Waals surface area (Å²) in [4.78, 5) is 0. The van der Waals surface area contributed by atoms with Crippen LogP contribution in [0.1, 0.15) is 39.0 Å². The summed E-state index contributed by atoms with van der Waals surface area (Å²) in [7, 11) is 0. The maximum atomic E-state index is 9.14. The van der Waals surface area contributed by atoms with Crippen molar-refractivity contribution in [3.63, 3.8) is 0 Å². The van der Waals surface area contributed by atoms with Crippen molar-refractivity contribution >= 4 is 16.6 Å². The molecule has 126 valence electrons. The number of hydrogen-bond donors (Lipinski definition) is 1. The molecule has 1 aromatic carbocycles. The Morgan fingerprint density at radius 3 is 2.52 bits per heavy atom. The van der Waals surface area contributed by atoms with Gasteiger partial charge < -0.3 is 5.32 Å². The van der Waals surface area contributed by atoms with Gasteiger partial charge >= 0.3 is 0 Å². The number of unbranched alkanes of at least 4 members (excludes halogenated alkanes) is 4. The fourth-order valence-corrected chi connectivity index (χ4v) is 2.62. The summed E-state index contributed by atoms with van der Waals surface area (Å²) in [6.45, 7) is 3.04. The molecule has 2 rings (SSSR count). The van der Waals surface area contributed by atoms with Crippen LogP contribution in [0, 0.1) is 34.0 Å². The molecule has 0 bridgehead atoms. The van der Waals surface area contributed by atoms with Gasteiger partial charge in [-0.05, 0) is 24.6 Å². The van der Waals surface area contributed by atoms with Gasteiger partial charge in [-0.2, -0.15) is 20.9 Å². The zero-order valence-corrected chi connectivity index (χ0v) is 14.3. The molecular formula is C19H20N6. The Morgan fingerprint density at radius 2 is 1.84 bits per heavy atom. The SMILES string of the molecule is CCCCCCCn1ncc2ccc(NC(C#N)=C(C#N)C#N)cc21. The number of allylic oxidation sites excluding steroid dienone is 2. The van der Waals surface area contributed by atoms with E-state index in [1.165, 1.54) is 25.7 Å². The number of fused-ring (bicyclic) bond motifs is 1. The molecule has 0 atom stereocenters. The maximum Gasteiger partial charge on any atom is 0.163 e. The topological polar surface area (TPSA) is 101 Å². The Labute approximate surface area is 147 Å². The van der Waals surface area contributed by atoms with E-state index in [0.29, 0.717) is 5.69 Å². The predicted octanol–water partition coefficient (Wildman–Crippen LogP) is 4.24. The van der Waals surface area contributed by atoms with Crippen molar-refractivity contribution in [1.82, 2.24) is 9.78 Å². The highest BCUT2D eigenvalue weighted by atomic mass is 15.3. The van der Waals surface area contributed by atoms with Crippen LogP contribution in [0.15, 0.2) is 35.7 Å². The van der Waals surface area contributed by atoms with Crippen LogP contribution in [0.3, 0.4) is 0 Å². The fraction of sp³-hybridized carbons (Fsp3) is 0.368. The molecule has 1 N–H and O–H groups in total. The number of aryl methyl sites for hydroxylation is 1. The minimum absolute atomic E-state index is 0.0463. The third kappa shape index (κ3) is 4.59. The monoisotopic (exact) mass is 332 g/mol. The Bertz CT molecular complexity index is 869. The van der Waals surface area contributed by atoms with E-state index in [2.05, 4.69) is 17.3 Å². The summed E-state index contributed by atoms with van der Waals surface area (Å²) < 4.78 is 1.96. The van der Waals surface area contributed by atoms with E-state index in [9.17, 15) is 0 Å². The van der Waals surface area contributed by atoms with Gasteiger partial charge in [-0.15, -0.1) is 0 Å². The number of nitrogens with zero attached hydrogens (tertiary/aromatic N) is 5. The number of rotatable bonds is 8. The van der Waals surface area contributed by atoms with Crippen molar-refractivity contribution < 1.29 is 0 Å². The van der Waals surface area contributed by atoms with Crippen molar-refractivity contribution in [3.05, 3.63) is 35.7 Å². The first kappa shape index (κ1) is 18.0. The molecule has 0 unspecified atom stereocenters. The number of nitriles is 3. The van der Waals surface area contributed by atoms with Crippen molar-refractivity contribution in [2.75, 3.05) is 5.32 Å². The second-order valence-corrected chi connectivity index (χ2v) is 5.77. The zero-order chi connectivity index (χ0) is 18.1. The highest BCUT2D eigenvalue weighted by Crippen LogP contribution is 2.21. The maximum absolute atomic E-state index is 9.14. The molecule has 0 amide bonds. The molecule has 0 aliphatic rings. The van der Waals surface area contributed by atoms with E-state index in [4.69, 9.17) is 15.8 Å². The minimum atomic E-state index is -0.230. The largest absolute Gasteiger partial charge is 0.345 e. The van der Waals surface area contributed by atoms with Crippen LogP contribution in [0.2, 0.25) is 0 Å². The molecule has 0 radical (unpaired) electrons. The van der Waals surface area contributed by atoms with E-state index in [1.54, 1.807) is 18.2 Å². The molecule has 2 aromatic rings. The molecular weight excluding hydrogens is 312 g/mol. The van der Waals surface area contributed by atoms with Gasteiger partial charge in [0.2, 0.25) is 0 Å². The number of anilines is 1. The highest BCUT2D eigenvalue weighted by Gasteiger charge is 2.08. The van der Waals surface area contributed by atoms with Gasteiger partial charge in [0.15, 0.2) is 5.57 Å². The quantitative estimate of drug-likeness (QED) is 0.575. The summed E-state index contributed by atoms with van der Waals surface area (Å²) in [5, 5.41) is 35.3. The van der Waals surface area contributed by atoms with Gasteiger partial charge in [0.05, 0.1) is 11.7 Å². The summed E-state index contributed by atoms with van der Waals surface area (Å²) in [5.74, 6) is 0. The van der Waals surface area contributed by atoms with Gasteiger partial charge in [-0.3, -0.25) is 4.68 Å². The van der Waals surface area contributed by atoms with Crippen molar-refractivity contribution in [3.8, 4) is 18.2 Å². The molecule has 6 nitrogen and oxygen atoms in total. The smallest absolute Gasteiger partial charge is 0.163 e. The molecule has 0 aliphatic heterocycles. The number of nitrogens with one attached hydrogen (secondary N) is 1. The Balaban J connectivity index is 2.17. The lowest BCUT2D eigenvalue weighted by molar-refractivity contribution is 0.544. The van der Waals surface area contributed by atoms with E-state index < -0.39 is 0 Å². The highest BCUT2D eigenvalue weighted by molar-refractivity contribution is 5.83.